The van der Waals surface area contributed by atoms with Gasteiger partial charge in [0.15, 0.2) is 0 Å². The second kappa shape index (κ2) is 11.3. The number of ether oxygens (including phenoxy) is 1. The molecule has 0 atom stereocenters. The second-order valence-corrected chi connectivity index (χ2v) is 9.57. The summed E-state index contributed by atoms with van der Waals surface area (Å²) in [4.78, 5) is 19.9. The second-order valence-electron chi connectivity index (χ2n) is 9.16. The van der Waals surface area contributed by atoms with Crippen LogP contribution in [0.1, 0.15) is 41.4 Å². The summed E-state index contributed by atoms with van der Waals surface area (Å²) in [5.41, 5.74) is 5.68. The normalized spacial score (nSPS) is 15.2. The zero-order chi connectivity index (χ0) is 26.6. The van der Waals surface area contributed by atoms with Gasteiger partial charge in [-0.1, -0.05) is 24.6 Å². The molecule has 1 N–H and O–H groups in total. The Morgan fingerprint density at radius 3 is 2.63 bits per heavy atom. The fourth-order valence-corrected chi connectivity index (χ4v) is 5.10. The summed E-state index contributed by atoms with van der Waals surface area (Å²) in [7, 11) is 0. The quantitative estimate of drug-likeness (QED) is 0.291. The first-order valence-corrected chi connectivity index (χ1v) is 13.0. The zero-order valence-electron chi connectivity index (χ0n) is 21.2. The molecule has 9 heteroatoms. The van der Waals surface area contributed by atoms with E-state index in [0.717, 1.165) is 36.1 Å². The lowest BCUT2D eigenvalue weighted by Gasteiger charge is -2.30. The van der Waals surface area contributed by atoms with Crippen molar-refractivity contribution >= 4 is 47.1 Å². The van der Waals surface area contributed by atoms with Crippen molar-refractivity contribution in [3.8, 4) is 0 Å². The topological polar surface area (TPSA) is 70.1 Å². The Bertz CT molecular complexity index is 1390. The number of nitrogens with one attached hydrogen (secondary N) is 1. The summed E-state index contributed by atoms with van der Waals surface area (Å²) in [5.74, 6) is -0.0149. The third-order valence-electron chi connectivity index (χ3n) is 6.89. The first-order chi connectivity index (χ1) is 18.5. The number of aromatic nitrogens is 1. The number of rotatable bonds is 7. The minimum Gasteiger partial charge on any atom is -0.378 e. The van der Waals surface area contributed by atoms with Gasteiger partial charge in [-0.25, -0.2) is 14.4 Å². The molecule has 196 valence electrons. The molecular formula is C29H29ClFN5O2. The van der Waals surface area contributed by atoms with Crippen LogP contribution in [0.25, 0.3) is 5.70 Å². The molecule has 2 heterocycles. The van der Waals surface area contributed by atoms with Crippen molar-refractivity contribution < 1.29 is 13.9 Å². The van der Waals surface area contributed by atoms with Crippen molar-refractivity contribution in [1.82, 2.24) is 4.98 Å². The van der Waals surface area contributed by atoms with Crippen LogP contribution in [0.3, 0.4) is 0 Å². The molecular weight excluding hydrogens is 505 g/mol. The molecule has 1 aliphatic carbocycles. The Kier molecular flexibility index (Phi) is 7.72. The number of nitrogens with zero attached hydrogens (tertiary/aromatic N) is 4. The van der Waals surface area contributed by atoms with Crippen LogP contribution in [0.4, 0.5) is 21.6 Å². The fourth-order valence-electron chi connectivity index (χ4n) is 4.91. The lowest BCUT2D eigenvalue weighted by molar-refractivity contribution is 0.102. The van der Waals surface area contributed by atoms with E-state index < -0.39 is 0 Å². The van der Waals surface area contributed by atoms with Crippen LogP contribution in [0.2, 0.25) is 5.02 Å². The number of aryl methyl sites for hydroxylation is 1. The number of hydrazone groups is 1. The highest BCUT2D eigenvalue weighted by Gasteiger charge is 2.25. The van der Waals surface area contributed by atoms with Crippen LogP contribution in [0, 0.1) is 5.82 Å². The molecule has 5 rings (SSSR count). The number of anilines is 3. The predicted molar refractivity (Wildman–Crippen MR) is 151 cm³/mol. The smallest absolute Gasteiger partial charge is 0.275 e. The van der Waals surface area contributed by atoms with Gasteiger partial charge >= 0.3 is 0 Å². The first kappa shape index (κ1) is 25.9. The fraction of sp³-hybridized carbons (Fsp3) is 0.276. The highest BCUT2D eigenvalue weighted by atomic mass is 35.5. The number of fused-ring (bicyclic) bond motifs is 1. The first-order valence-electron chi connectivity index (χ1n) is 12.7. The molecule has 38 heavy (non-hydrogen) atoms. The number of halogens is 2. The molecule has 1 fully saturated rings. The SMILES string of the molecule is C=NN(C1=C(CC)CCc2ccc(NC(=O)c3nc(N4CCOCC4)ccc3Cl)cc21)c1ccc(F)cc1. The van der Waals surface area contributed by atoms with E-state index in [-0.39, 0.29) is 22.4 Å². The van der Waals surface area contributed by atoms with Gasteiger partial charge in [-0.3, -0.25) is 4.79 Å². The van der Waals surface area contributed by atoms with Gasteiger partial charge in [0.25, 0.3) is 5.91 Å². The van der Waals surface area contributed by atoms with Gasteiger partial charge in [-0.15, -0.1) is 0 Å². The molecule has 2 aromatic carbocycles. The predicted octanol–water partition coefficient (Wildman–Crippen LogP) is 6.15. The highest BCUT2D eigenvalue weighted by Crippen LogP contribution is 2.39. The van der Waals surface area contributed by atoms with Gasteiger partial charge in [-0.2, -0.15) is 5.10 Å². The number of allylic oxidation sites excluding steroid dienone is 1. The number of hydrogen-bond donors (Lipinski definition) is 1. The van der Waals surface area contributed by atoms with Crippen molar-refractivity contribution in [2.45, 2.75) is 26.2 Å². The number of carbonyl (C=O) groups excluding carboxylic acids is 1. The number of pyridine rings is 1. The number of morpholine rings is 1. The van der Waals surface area contributed by atoms with E-state index in [1.54, 1.807) is 23.2 Å². The minimum absolute atomic E-state index is 0.166. The Labute approximate surface area is 226 Å². The Balaban J connectivity index is 1.46. The molecule has 0 radical (unpaired) electrons. The maximum atomic E-state index is 13.6. The van der Waals surface area contributed by atoms with Crippen LogP contribution < -0.4 is 15.2 Å². The standard InChI is InChI=1S/C29H29ClFN5O2/c1-3-19-4-5-20-6-9-22(18-24(20)28(19)36(32-2)23-10-7-21(31)8-11-23)33-29(37)27-25(30)12-13-26(34-27)35-14-16-38-17-15-35/h6-13,18H,2-5,14-17H2,1H3,(H,33,37). The van der Waals surface area contributed by atoms with E-state index in [1.807, 2.05) is 24.3 Å². The number of carbonyl (C=O) groups is 1. The van der Waals surface area contributed by atoms with Crippen molar-refractivity contribution in [3.63, 3.8) is 0 Å². The van der Waals surface area contributed by atoms with Gasteiger partial charge in [-0.05, 0) is 78.9 Å². The lowest BCUT2D eigenvalue weighted by Crippen LogP contribution is -2.37. The third-order valence-corrected chi connectivity index (χ3v) is 7.19. The lowest BCUT2D eigenvalue weighted by atomic mass is 9.87. The summed E-state index contributed by atoms with van der Waals surface area (Å²) in [6.45, 7) is 8.53. The van der Waals surface area contributed by atoms with Crippen molar-refractivity contribution in [1.29, 1.82) is 0 Å². The van der Waals surface area contributed by atoms with Gasteiger partial charge < -0.3 is 15.0 Å². The van der Waals surface area contributed by atoms with E-state index in [1.165, 1.54) is 17.7 Å². The van der Waals surface area contributed by atoms with E-state index in [9.17, 15) is 9.18 Å². The molecule has 2 aliphatic rings. The average Bonchev–Trinajstić information content (AvgIpc) is 2.95. The Morgan fingerprint density at radius 2 is 1.92 bits per heavy atom. The molecule has 1 amide bonds. The maximum Gasteiger partial charge on any atom is 0.275 e. The summed E-state index contributed by atoms with van der Waals surface area (Å²) in [5, 5.41) is 9.28. The molecule has 7 nitrogen and oxygen atoms in total. The van der Waals surface area contributed by atoms with E-state index >= 15 is 0 Å². The Hall–Kier alpha value is -3.75. The molecule has 0 saturated carbocycles. The van der Waals surface area contributed by atoms with E-state index in [4.69, 9.17) is 16.3 Å². The van der Waals surface area contributed by atoms with Crippen molar-refractivity contribution in [2.75, 3.05) is 41.5 Å². The van der Waals surface area contributed by atoms with Crippen LogP contribution in [-0.4, -0.2) is 43.9 Å². The van der Waals surface area contributed by atoms with Crippen molar-refractivity contribution in [3.05, 3.63) is 87.8 Å². The molecule has 1 saturated heterocycles. The zero-order valence-corrected chi connectivity index (χ0v) is 22.0. The summed E-state index contributed by atoms with van der Waals surface area (Å²) < 4.78 is 19.0. The van der Waals surface area contributed by atoms with Gasteiger partial charge in [0, 0.05) is 31.1 Å². The summed E-state index contributed by atoms with van der Waals surface area (Å²) in [6, 6.07) is 15.5. The monoisotopic (exact) mass is 533 g/mol. The molecule has 0 bridgehead atoms. The summed E-state index contributed by atoms with van der Waals surface area (Å²) >= 11 is 6.39. The largest absolute Gasteiger partial charge is 0.378 e. The van der Waals surface area contributed by atoms with Crippen molar-refractivity contribution in [2.24, 2.45) is 5.10 Å². The molecule has 0 unspecified atom stereocenters. The maximum absolute atomic E-state index is 13.6. The van der Waals surface area contributed by atoms with E-state index in [0.29, 0.717) is 43.5 Å². The molecule has 1 aliphatic heterocycles. The van der Waals surface area contributed by atoms with Gasteiger partial charge in [0.1, 0.15) is 17.3 Å². The van der Waals surface area contributed by atoms with Crippen LogP contribution in [0.15, 0.2) is 65.3 Å². The summed E-state index contributed by atoms with van der Waals surface area (Å²) in [6.07, 6.45) is 2.58. The number of hydrogen-bond acceptors (Lipinski definition) is 6. The Morgan fingerprint density at radius 1 is 1.16 bits per heavy atom. The van der Waals surface area contributed by atoms with Crippen LogP contribution in [-0.2, 0) is 11.2 Å². The highest BCUT2D eigenvalue weighted by molar-refractivity contribution is 6.34. The van der Waals surface area contributed by atoms with Gasteiger partial charge in [0.2, 0.25) is 0 Å². The molecule has 3 aromatic rings. The molecule has 0 spiro atoms. The van der Waals surface area contributed by atoms with Crippen LogP contribution in [0.5, 0.6) is 0 Å². The van der Waals surface area contributed by atoms with Crippen LogP contribution >= 0.6 is 11.6 Å². The van der Waals surface area contributed by atoms with E-state index in [2.05, 4.69) is 33.9 Å². The van der Waals surface area contributed by atoms with Gasteiger partial charge in [0.05, 0.1) is 29.6 Å². The number of benzene rings is 2. The average molecular weight is 534 g/mol. The third kappa shape index (κ3) is 5.28. The number of amides is 1. The molecule has 1 aromatic heterocycles. The minimum atomic E-state index is -0.389.